The van der Waals surface area contributed by atoms with Crippen LogP contribution in [-0.2, 0) is 9.53 Å². The zero-order valence-corrected chi connectivity index (χ0v) is 12.7. The number of allylic oxidation sites excluding steroid dienone is 2. The van der Waals surface area contributed by atoms with E-state index in [9.17, 15) is 4.79 Å². The van der Waals surface area contributed by atoms with E-state index in [4.69, 9.17) is 10.5 Å². The smallest absolute Gasteiger partial charge is 0.357 e. The Bertz CT molecular complexity index is 577. The van der Waals surface area contributed by atoms with Crippen LogP contribution in [0.3, 0.4) is 0 Å². The Kier molecular flexibility index (Phi) is 6.06. The zero-order chi connectivity index (χ0) is 15.1. The van der Waals surface area contributed by atoms with E-state index in [-0.39, 0.29) is 5.70 Å². The number of nitrogens with zero attached hydrogens (tertiary/aromatic N) is 1. The minimum atomic E-state index is -0.542. The fourth-order valence-electron chi connectivity index (χ4n) is 1.68. The number of amidine groups is 1. The van der Waals surface area contributed by atoms with Gasteiger partial charge in [0.25, 0.3) is 0 Å². The summed E-state index contributed by atoms with van der Waals surface area (Å²) in [5.74, 6) is -0.542. The summed E-state index contributed by atoms with van der Waals surface area (Å²) in [6.45, 7) is 5.72. The van der Waals surface area contributed by atoms with Gasteiger partial charge in [-0.2, -0.15) is 0 Å². The van der Waals surface area contributed by atoms with E-state index in [0.29, 0.717) is 10.7 Å². The summed E-state index contributed by atoms with van der Waals surface area (Å²) < 4.78 is 4.79. The van der Waals surface area contributed by atoms with Crippen LogP contribution in [0, 0.1) is 6.92 Å². The number of hydrogen-bond donors (Lipinski definition) is 1. The van der Waals surface area contributed by atoms with Crippen molar-refractivity contribution in [2.24, 2.45) is 10.7 Å². The first-order valence-electron chi connectivity index (χ1n) is 5.94. The maximum absolute atomic E-state index is 11.9. The Morgan fingerprint density at radius 1 is 1.45 bits per heavy atom. The first-order valence-corrected chi connectivity index (χ1v) is 7.16. The molecule has 0 saturated heterocycles. The maximum Gasteiger partial charge on any atom is 0.357 e. The number of benzene rings is 1. The highest BCUT2D eigenvalue weighted by molar-refractivity contribution is 8.13. The van der Waals surface area contributed by atoms with Crippen molar-refractivity contribution < 1.29 is 9.53 Å². The molecule has 0 aliphatic rings. The predicted molar refractivity (Wildman–Crippen MR) is 85.4 cm³/mol. The molecule has 0 aliphatic carbocycles. The Morgan fingerprint density at radius 3 is 2.60 bits per heavy atom. The van der Waals surface area contributed by atoms with Crippen LogP contribution in [0.15, 0.2) is 47.6 Å². The first-order chi connectivity index (χ1) is 9.54. The molecule has 0 heterocycles. The van der Waals surface area contributed by atoms with Gasteiger partial charge in [-0.05, 0) is 24.3 Å². The van der Waals surface area contributed by atoms with Gasteiger partial charge >= 0.3 is 5.97 Å². The molecular formula is C15H18N2O2S. The third-order valence-corrected chi connectivity index (χ3v) is 3.21. The molecule has 0 atom stereocenters. The lowest BCUT2D eigenvalue weighted by Gasteiger charge is -2.10. The average Bonchev–Trinajstić information content (AvgIpc) is 2.47. The third-order valence-electron chi connectivity index (χ3n) is 2.70. The van der Waals surface area contributed by atoms with Crippen molar-refractivity contribution in [2.45, 2.75) is 6.92 Å². The number of carbonyl (C=O) groups is 1. The Hall–Kier alpha value is -2.01. The number of aryl methyl sites for hydroxylation is 1. The summed E-state index contributed by atoms with van der Waals surface area (Å²) in [6.07, 6.45) is 3.38. The fraction of sp³-hybridized carbons (Fsp3) is 0.200. The molecular weight excluding hydrogens is 272 g/mol. The molecule has 1 aromatic rings. The molecule has 20 heavy (non-hydrogen) atoms. The molecule has 106 valence electrons. The largest absolute Gasteiger partial charge is 0.464 e. The van der Waals surface area contributed by atoms with Gasteiger partial charge in [0, 0.05) is 5.57 Å². The van der Waals surface area contributed by atoms with Gasteiger partial charge in [-0.1, -0.05) is 48.7 Å². The summed E-state index contributed by atoms with van der Waals surface area (Å²) >= 11 is 1.26. The molecule has 0 radical (unpaired) electrons. The standard InChI is InChI=1S/C15H18N2O2S/c1-5-11(12-9-7-6-8-10(12)2)13(14(18)19-3)17-15(16)20-4/h5-9H,1H2,2-4H3,(H2,16,17)/b13-11+. The number of esters is 1. The highest BCUT2D eigenvalue weighted by atomic mass is 32.2. The zero-order valence-electron chi connectivity index (χ0n) is 11.8. The third kappa shape index (κ3) is 3.74. The number of rotatable bonds is 4. The van der Waals surface area contributed by atoms with Crippen LogP contribution >= 0.6 is 11.8 Å². The number of ether oxygens (including phenoxy) is 1. The van der Waals surface area contributed by atoms with E-state index in [1.165, 1.54) is 18.9 Å². The van der Waals surface area contributed by atoms with Gasteiger partial charge in [0.15, 0.2) is 10.9 Å². The number of aliphatic imine (C=N–C) groups is 1. The van der Waals surface area contributed by atoms with E-state index in [1.54, 1.807) is 12.3 Å². The van der Waals surface area contributed by atoms with Gasteiger partial charge in [-0.15, -0.1) is 0 Å². The van der Waals surface area contributed by atoms with Gasteiger partial charge < -0.3 is 10.5 Å². The second-order valence-electron chi connectivity index (χ2n) is 3.93. The topological polar surface area (TPSA) is 64.7 Å². The number of methoxy groups -OCH3 is 1. The van der Waals surface area contributed by atoms with Crippen LogP contribution in [-0.4, -0.2) is 24.5 Å². The van der Waals surface area contributed by atoms with E-state index in [2.05, 4.69) is 11.6 Å². The molecule has 0 unspecified atom stereocenters. The van der Waals surface area contributed by atoms with Gasteiger partial charge in [-0.3, -0.25) is 0 Å². The monoisotopic (exact) mass is 290 g/mol. The number of hydrogen-bond acceptors (Lipinski definition) is 4. The molecule has 0 aliphatic heterocycles. The number of thioether (sulfide) groups is 1. The Labute approximate surface area is 123 Å². The van der Waals surface area contributed by atoms with Crippen molar-refractivity contribution in [3.63, 3.8) is 0 Å². The average molecular weight is 290 g/mol. The van der Waals surface area contributed by atoms with Gasteiger partial charge in [0.05, 0.1) is 7.11 Å². The van der Waals surface area contributed by atoms with Gasteiger partial charge in [0.2, 0.25) is 0 Å². The molecule has 1 rings (SSSR count). The normalized spacial score (nSPS) is 12.7. The Balaban J connectivity index is 3.55. The number of carbonyl (C=O) groups excluding carboxylic acids is 1. The van der Waals surface area contributed by atoms with Crippen LogP contribution in [0.5, 0.6) is 0 Å². The Morgan fingerprint density at radius 2 is 2.10 bits per heavy atom. The highest BCUT2D eigenvalue weighted by Gasteiger charge is 2.17. The molecule has 0 fully saturated rings. The van der Waals surface area contributed by atoms with Crippen molar-refractivity contribution in [3.8, 4) is 0 Å². The second kappa shape index (κ2) is 7.55. The molecule has 0 saturated carbocycles. The summed E-state index contributed by atoms with van der Waals surface area (Å²) in [6, 6.07) is 7.68. The van der Waals surface area contributed by atoms with Gasteiger partial charge in [-0.25, -0.2) is 9.79 Å². The van der Waals surface area contributed by atoms with E-state index in [1.807, 2.05) is 31.2 Å². The molecule has 0 amide bonds. The molecule has 5 heteroatoms. The van der Waals surface area contributed by atoms with Crippen LogP contribution < -0.4 is 5.73 Å². The SMILES string of the molecule is C=C/C(=C(\N=C(N)SC)C(=O)OC)c1ccccc1C. The molecule has 4 nitrogen and oxygen atoms in total. The second-order valence-corrected chi connectivity index (χ2v) is 4.75. The quantitative estimate of drug-likeness (QED) is 0.304. The minimum Gasteiger partial charge on any atom is -0.464 e. The van der Waals surface area contributed by atoms with Crippen LogP contribution in [0.25, 0.3) is 5.57 Å². The van der Waals surface area contributed by atoms with Crippen molar-refractivity contribution in [1.82, 2.24) is 0 Å². The minimum absolute atomic E-state index is 0.156. The van der Waals surface area contributed by atoms with E-state index < -0.39 is 5.97 Å². The lowest BCUT2D eigenvalue weighted by Crippen LogP contribution is -2.12. The van der Waals surface area contributed by atoms with Crippen molar-refractivity contribution in [1.29, 1.82) is 0 Å². The summed E-state index contributed by atoms with van der Waals surface area (Å²) in [7, 11) is 1.31. The van der Waals surface area contributed by atoms with Crippen LogP contribution in [0.1, 0.15) is 11.1 Å². The van der Waals surface area contributed by atoms with Crippen molar-refractivity contribution >= 4 is 28.5 Å². The molecule has 2 N–H and O–H groups in total. The number of nitrogens with two attached hydrogens (primary N) is 1. The van der Waals surface area contributed by atoms with E-state index >= 15 is 0 Å². The lowest BCUT2D eigenvalue weighted by atomic mass is 9.99. The van der Waals surface area contributed by atoms with Gasteiger partial charge in [0.1, 0.15) is 0 Å². The summed E-state index contributed by atoms with van der Waals surface area (Å²) in [4.78, 5) is 16.1. The van der Waals surface area contributed by atoms with Crippen molar-refractivity contribution in [2.75, 3.05) is 13.4 Å². The fourth-order valence-corrected chi connectivity index (χ4v) is 1.86. The molecule has 0 aromatic heterocycles. The van der Waals surface area contributed by atoms with Crippen LogP contribution in [0.4, 0.5) is 0 Å². The predicted octanol–water partition coefficient (Wildman–Crippen LogP) is 2.74. The summed E-state index contributed by atoms with van der Waals surface area (Å²) in [5, 5.41) is 0.290. The molecule has 1 aromatic carbocycles. The highest BCUT2D eigenvalue weighted by Crippen LogP contribution is 2.25. The molecule has 0 bridgehead atoms. The maximum atomic E-state index is 11.9. The van der Waals surface area contributed by atoms with Crippen LogP contribution in [0.2, 0.25) is 0 Å². The summed E-state index contributed by atoms with van der Waals surface area (Å²) in [5.41, 5.74) is 8.36. The van der Waals surface area contributed by atoms with Crippen molar-refractivity contribution in [3.05, 3.63) is 53.7 Å². The first kappa shape index (κ1) is 16.0. The lowest BCUT2D eigenvalue weighted by molar-refractivity contribution is -0.136. The van der Waals surface area contributed by atoms with E-state index in [0.717, 1.165) is 11.1 Å². The molecule has 0 spiro atoms.